The first kappa shape index (κ1) is 5.20. The Hall–Kier alpha value is 0.390. The zero-order chi connectivity index (χ0) is 5.78. The van der Waals surface area contributed by atoms with Gasteiger partial charge < -0.3 is 4.74 Å². The van der Waals surface area contributed by atoms with Gasteiger partial charge >= 0.3 is 0 Å². The molecular weight excluding hydrogens is 119 g/mol. The van der Waals surface area contributed by atoms with E-state index in [0.717, 1.165) is 0 Å². The normalized spacial score (nSPS) is 60.8. The summed E-state index contributed by atoms with van der Waals surface area (Å²) in [6, 6.07) is 0. The van der Waals surface area contributed by atoms with E-state index in [2.05, 4.69) is 13.6 Å². The minimum atomic E-state index is 0.244. The van der Waals surface area contributed by atoms with Crippen molar-refractivity contribution in [2.45, 2.75) is 24.8 Å². The molecule has 0 bridgehead atoms. The molecule has 2 aliphatic heterocycles. The number of epoxide rings is 1. The van der Waals surface area contributed by atoms with Gasteiger partial charge in [-0.25, -0.2) is 0 Å². The SMILES string of the molecule is CP1CCC2OC21C. The molecule has 0 aliphatic carbocycles. The smallest absolute Gasteiger partial charge is 0.110 e. The van der Waals surface area contributed by atoms with E-state index in [1.165, 1.54) is 12.6 Å². The summed E-state index contributed by atoms with van der Waals surface area (Å²) in [6.07, 6.45) is 3.44. The number of rotatable bonds is 0. The average Bonchev–Trinajstić information content (AvgIpc) is 2.31. The van der Waals surface area contributed by atoms with Crippen molar-refractivity contribution in [3.63, 3.8) is 0 Å². The van der Waals surface area contributed by atoms with E-state index in [4.69, 9.17) is 4.74 Å². The van der Waals surface area contributed by atoms with Gasteiger partial charge in [0, 0.05) is 0 Å². The van der Waals surface area contributed by atoms with Crippen molar-refractivity contribution in [1.82, 2.24) is 0 Å². The molecule has 2 aliphatic rings. The predicted octanol–water partition coefficient (Wildman–Crippen LogP) is 1.62. The second-order valence-corrected chi connectivity index (χ2v) is 5.60. The fraction of sp³-hybridized carbons (Fsp3) is 1.00. The summed E-state index contributed by atoms with van der Waals surface area (Å²) in [4.78, 5) is 0. The highest BCUT2D eigenvalue weighted by Crippen LogP contribution is 2.67. The van der Waals surface area contributed by atoms with E-state index in [1.807, 2.05) is 0 Å². The van der Waals surface area contributed by atoms with Crippen LogP contribution in [0.2, 0.25) is 0 Å². The number of fused-ring (bicyclic) bond motifs is 1. The Labute approximate surface area is 51.2 Å². The predicted molar refractivity (Wildman–Crippen MR) is 35.6 cm³/mol. The monoisotopic (exact) mass is 130 g/mol. The molecule has 0 aromatic rings. The number of ether oxygens (including phenoxy) is 1. The van der Waals surface area contributed by atoms with E-state index < -0.39 is 0 Å². The lowest BCUT2D eigenvalue weighted by Gasteiger charge is -2.09. The van der Waals surface area contributed by atoms with Crippen LogP contribution < -0.4 is 0 Å². The molecule has 0 aromatic heterocycles. The summed E-state index contributed by atoms with van der Waals surface area (Å²) in [5.41, 5.74) is 0. The van der Waals surface area contributed by atoms with E-state index in [1.54, 1.807) is 0 Å². The third kappa shape index (κ3) is 0.447. The van der Waals surface area contributed by atoms with Gasteiger partial charge in [-0.15, -0.1) is 0 Å². The van der Waals surface area contributed by atoms with Crippen molar-refractivity contribution in [3.05, 3.63) is 0 Å². The molecule has 2 fully saturated rings. The zero-order valence-corrected chi connectivity index (χ0v) is 6.24. The molecule has 0 radical (unpaired) electrons. The highest BCUT2D eigenvalue weighted by atomic mass is 31.1. The molecule has 0 spiro atoms. The van der Waals surface area contributed by atoms with Crippen molar-refractivity contribution in [3.8, 4) is 0 Å². The maximum absolute atomic E-state index is 5.48. The highest BCUT2D eigenvalue weighted by molar-refractivity contribution is 7.59. The topological polar surface area (TPSA) is 12.5 Å². The molecule has 2 heterocycles. The first-order valence-electron chi connectivity index (χ1n) is 3.12. The van der Waals surface area contributed by atoms with Crippen LogP contribution in [0, 0.1) is 0 Å². The van der Waals surface area contributed by atoms with Gasteiger partial charge in [0.15, 0.2) is 0 Å². The number of hydrogen-bond acceptors (Lipinski definition) is 1. The Morgan fingerprint density at radius 2 is 2.50 bits per heavy atom. The number of hydrogen-bond donors (Lipinski definition) is 0. The third-order valence-electron chi connectivity index (χ3n) is 2.41. The minimum Gasteiger partial charge on any atom is -0.362 e. The molecule has 0 N–H and O–H groups in total. The van der Waals surface area contributed by atoms with Crippen molar-refractivity contribution < 1.29 is 4.74 Å². The molecule has 3 unspecified atom stereocenters. The van der Waals surface area contributed by atoms with E-state index in [9.17, 15) is 0 Å². The van der Waals surface area contributed by atoms with Gasteiger partial charge in [-0.2, -0.15) is 0 Å². The molecule has 46 valence electrons. The summed E-state index contributed by atoms with van der Waals surface area (Å²) < 4.78 is 5.48. The summed E-state index contributed by atoms with van der Waals surface area (Å²) in [7, 11) is 0.244. The second kappa shape index (κ2) is 1.27. The van der Waals surface area contributed by atoms with Gasteiger partial charge in [0.25, 0.3) is 0 Å². The molecule has 1 nitrogen and oxygen atoms in total. The molecular formula is C6H11OP. The van der Waals surface area contributed by atoms with Gasteiger partial charge in [0.1, 0.15) is 5.34 Å². The molecule has 0 amide bonds. The first-order chi connectivity index (χ1) is 3.73. The third-order valence-corrected chi connectivity index (χ3v) is 5.24. The Kier molecular flexibility index (Phi) is 0.828. The van der Waals surface area contributed by atoms with Crippen LogP contribution in [0.15, 0.2) is 0 Å². The molecule has 8 heavy (non-hydrogen) atoms. The Balaban J connectivity index is 2.19. The van der Waals surface area contributed by atoms with Crippen molar-refractivity contribution in [1.29, 1.82) is 0 Å². The molecule has 0 aromatic carbocycles. The van der Waals surface area contributed by atoms with E-state index >= 15 is 0 Å². The Morgan fingerprint density at radius 1 is 1.75 bits per heavy atom. The van der Waals surface area contributed by atoms with Crippen LogP contribution in [0.4, 0.5) is 0 Å². The highest BCUT2D eigenvalue weighted by Gasteiger charge is 2.59. The molecule has 0 saturated carbocycles. The van der Waals surface area contributed by atoms with Gasteiger partial charge in [-0.05, 0) is 26.2 Å². The fourth-order valence-electron chi connectivity index (χ4n) is 1.45. The average molecular weight is 130 g/mol. The maximum atomic E-state index is 5.48. The fourth-order valence-corrected chi connectivity index (χ4v) is 3.44. The van der Waals surface area contributed by atoms with Crippen LogP contribution in [-0.4, -0.2) is 24.3 Å². The van der Waals surface area contributed by atoms with Gasteiger partial charge in [-0.3, -0.25) is 0 Å². The molecule has 2 saturated heterocycles. The second-order valence-electron chi connectivity index (χ2n) is 2.87. The largest absolute Gasteiger partial charge is 0.362 e. The van der Waals surface area contributed by atoms with Crippen LogP contribution in [-0.2, 0) is 4.74 Å². The zero-order valence-electron chi connectivity index (χ0n) is 5.35. The summed E-state index contributed by atoms with van der Waals surface area (Å²) in [6.45, 7) is 4.61. The standard InChI is InChI=1S/C6H11OP/c1-6-5(7-6)3-4-8(6)2/h5H,3-4H2,1-2H3. The van der Waals surface area contributed by atoms with Crippen LogP contribution in [0.3, 0.4) is 0 Å². The molecule has 3 atom stereocenters. The lowest BCUT2D eigenvalue weighted by atomic mass is 10.3. The summed E-state index contributed by atoms with van der Waals surface area (Å²) in [5.74, 6) is 0. The van der Waals surface area contributed by atoms with E-state index in [0.29, 0.717) is 11.4 Å². The van der Waals surface area contributed by atoms with E-state index in [-0.39, 0.29) is 7.92 Å². The molecule has 2 rings (SSSR count). The van der Waals surface area contributed by atoms with Crippen LogP contribution in [0.25, 0.3) is 0 Å². The lowest BCUT2D eigenvalue weighted by Crippen LogP contribution is -1.97. The Morgan fingerprint density at radius 3 is 2.62 bits per heavy atom. The summed E-state index contributed by atoms with van der Waals surface area (Å²) >= 11 is 0. The van der Waals surface area contributed by atoms with Crippen molar-refractivity contribution in [2.75, 3.05) is 12.8 Å². The minimum absolute atomic E-state index is 0.244. The van der Waals surface area contributed by atoms with Crippen molar-refractivity contribution in [2.24, 2.45) is 0 Å². The lowest BCUT2D eigenvalue weighted by molar-refractivity contribution is 0.351. The maximum Gasteiger partial charge on any atom is 0.110 e. The van der Waals surface area contributed by atoms with Gasteiger partial charge in [-0.1, -0.05) is 7.92 Å². The first-order valence-corrected chi connectivity index (χ1v) is 5.10. The Bertz CT molecular complexity index is 124. The van der Waals surface area contributed by atoms with Gasteiger partial charge in [0.2, 0.25) is 0 Å². The van der Waals surface area contributed by atoms with Crippen molar-refractivity contribution >= 4 is 7.92 Å². The summed E-state index contributed by atoms with van der Waals surface area (Å²) in [5, 5.41) is 0.384. The van der Waals surface area contributed by atoms with Gasteiger partial charge in [0.05, 0.1) is 6.10 Å². The van der Waals surface area contributed by atoms with Crippen LogP contribution in [0.5, 0.6) is 0 Å². The van der Waals surface area contributed by atoms with Crippen LogP contribution in [0.1, 0.15) is 13.3 Å². The van der Waals surface area contributed by atoms with Crippen LogP contribution >= 0.6 is 7.92 Å². The molecule has 2 heteroatoms. The quantitative estimate of drug-likeness (QED) is 0.358.